The molecule has 2 aliphatic heterocycles. The van der Waals surface area contributed by atoms with Gasteiger partial charge >= 0.3 is 0 Å². The first-order valence-corrected chi connectivity index (χ1v) is 7.53. The summed E-state index contributed by atoms with van der Waals surface area (Å²) in [7, 11) is -1.05. The van der Waals surface area contributed by atoms with Crippen molar-refractivity contribution in [2.24, 2.45) is 0 Å². The van der Waals surface area contributed by atoms with E-state index in [9.17, 15) is 8.42 Å². The number of likely N-dealkylation sites (N-methyl/N-ethyl adjacent to an activating group) is 1. The van der Waals surface area contributed by atoms with Crippen molar-refractivity contribution in [3.05, 3.63) is 0 Å². The van der Waals surface area contributed by atoms with Gasteiger partial charge in [0.15, 0.2) is 0 Å². The third kappa shape index (κ3) is 2.74. The average Bonchev–Trinajstić information content (AvgIpc) is 2.85. The van der Waals surface area contributed by atoms with Crippen molar-refractivity contribution < 1.29 is 8.42 Å². The largest absolute Gasteiger partial charge is 0.315 e. The molecule has 0 aliphatic carbocycles. The van der Waals surface area contributed by atoms with Crippen molar-refractivity contribution in [3.8, 4) is 0 Å². The van der Waals surface area contributed by atoms with Gasteiger partial charge in [0.2, 0.25) is 10.0 Å². The summed E-state index contributed by atoms with van der Waals surface area (Å²) in [6, 6.07) is 0.379. The highest BCUT2D eigenvalue weighted by molar-refractivity contribution is 7.90. The van der Waals surface area contributed by atoms with Gasteiger partial charge in [0.05, 0.1) is 5.25 Å². The molecule has 0 saturated carbocycles. The van der Waals surface area contributed by atoms with E-state index in [2.05, 4.69) is 22.0 Å². The van der Waals surface area contributed by atoms with Crippen molar-refractivity contribution >= 4 is 10.0 Å². The lowest BCUT2D eigenvalue weighted by Crippen LogP contribution is -2.42. The molecule has 2 atom stereocenters. The molecule has 0 amide bonds. The molecule has 94 valence electrons. The van der Waals surface area contributed by atoms with Gasteiger partial charge in [-0.3, -0.25) is 0 Å². The van der Waals surface area contributed by atoms with E-state index in [0.717, 1.165) is 25.9 Å². The summed E-state index contributed by atoms with van der Waals surface area (Å²) < 4.78 is 26.6. The number of hydrogen-bond acceptors (Lipinski definition) is 4. The minimum absolute atomic E-state index is 0.237. The number of sulfonamides is 1. The first-order valence-electron chi connectivity index (χ1n) is 5.99. The van der Waals surface area contributed by atoms with Gasteiger partial charge in [-0.25, -0.2) is 13.1 Å². The molecule has 2 unspecified atom stereocenters. The zero-order chi connectivity index (χ0) is 11.6. The topological polar surface area (TPSA) is 61.4 Å². The molecule has 5 nitrogen and oxygen atoms in total. The van der Waals surface area contributed by atoms with Crippen LogP contribution in [0.5, 0.6) is 0 Å². The zero-order valence-corrected chi connectivity index (χ0v) is 10.6. The quantitative estimate of drug-likeness (QED) is 0.694. The predicted octanol–water partition coefficient (Wildman–Crippen LogP) is -0.638. The minimum atomic E-state index is -3.11. The van der Waals surface area contributed by atoms with Crippen LogP contribution in [0.2, 0.25) is 0 Å². The van der Waals surface area contributed by atoms with E-state index in [1.54, 1.807) is 0 Å². The molecule has 2 fully saturated rings. The Labute approximate surface area is 97.6 Å². The Balaban J connectivity index is 1.84. The number of nitrogens with one attached hydrogen (secondary N) is 2. The molecule has 0 bridgehead atoms. The third-order valence-corrected chi connectivity index (χ3v) is 5.49. The molecule has 2 saturated heterocycles. The van der Waals surface area contributed by atoms with Crippen molar-refractivity contribution in [2.75, 3.05) is 33.2 Å². The second-order valence-corrected chi connectivity index (χ2v) is 6.83. The summed E-state index contributed by atoms with van der Waals surface area (Å²) in [5.41, 5.74) is 0. The van der Waals surface area contributed by atoms with Gasteiger partial charge in [-0.05, 0) is 39.4 Å². The molecule has 0 aromatic carbocycles. The van der Waals surface area contributed by atoms with E-state index in [0.29, 0.717) is 19.1 Å². The Bertz CT molecular complexity index is 325. The summed E-state index contributed by atoms with van der Waals surface area (Å²) in [4.78, 5) is 2.23. The second-order valence-electron chi connectivity index (χ2n) is 4.78. The van der Waals surface area contributed by atoms with Gasteiger partial charge in [-0.1, -0.05) is 0 Å². The highest BCUT2D eigenvalue weighted by atomic mass is 32.2. The number of likely N-dealkylation sites (tertiary alicyclic amines) is 1. The average molecular weight is 247 g/mol. The molecule has 0 spiro atoms. The zero-order valence-electron chi connectivity index (χ0n) is 9.78. The lowest BCUT2D eigenvalue weighted by molar-refractivity contribution is 0.310. The van der Waals surface area contributed by atoms with Crippen LogP contribution >= 0.6 is 0 Å². The monoisotopic (exact) mass is 247 g/mol. The van der Waals surface area contributed by atoms with Crippen LogP contribution in [0.15, 0.2) is 0 Å². The minimum Gasteiger partial charge on any atom is -0.315 e. The SMILES string of the molecule is CN1CCCC1CNS(=O)(=O)C1CCNC1. The number of rotatable bonds is 4. The standard InChI is InChI=1S/C10H21N3O2S/c1-13-6-2-3-9(13)7-12-16(14,15)10-4-5-11-8-10/h9-12H,2-8H2,1H3. The molecule has 2 rings (SSSR count). The van der Waals surface area contributed by atoms with E-state index in [1.807, 2.05) is 0 Å². The van der Waals surface area contributed by atoms with Crippen LogP contribution in [-0.4, -0.2) is 57.8 Å². The van der Waals surface area contributed by atoms with Crippen LogP contribution in [-0.2, 0) is 10.0 Å². The van der Waals surface area contributed by atoms with Crippen LogP contribution in [0, 0.1) is 0 Å². The van der Waals surface area contributed by atoms with Crippen molar-refractivity contribution in [3.63, 3.8) is 0 Å². The van der Waals surface area contributed by atoms with Crippen LogP contribution in [0.1, 0.15) is 19.3 Å². The molecule has 0 radical (unpaired) electrons. The van der Waals surface area contributed by atoms with Gasteiger partial charge in [0.1, 0.15) is 0 Å². The summed E-state index contributed by atoms with van der Waals surface area (Å²) in [5.74, 6) is 0. The predicted molar refractivity (Wildman–Crippen MR) is 63.8 cm³/mol. The third-order valence-electron chi connectivity index (χ3n) is 3.65. The molecule has 6 heteroatoms. The number of nitrogens with zero attached hydrogens (tertiary/aromatic N) is 1. The summed E-state index contributed by atoms with van der Waals surface area (Å²) in [6.07, 6.45) is 3.01. The normalized spacial score (nSPS) is 32.3. The Hall–Kier alpha value is -0.170. The maximum Gasteiger partial charge on any atom is 0.215 e. The molecular formula is C10H21N3O2S. The molecule has 2 aliphatic rings. The fraction of sp³-hybridized carbons (Fsp3) is 1.00. The maximum atomic E-state index is 11.9. The van der Waals surface area contributed by atoms with Crippen molar-refractivity contribution in [1.29, 1.82) is 0 Å². The van der Waals surface area contributed by atoms with Crippen molar-refractivity contribution in [2.45, 2.75) is 30.6 Å². The van der Waals surface area contributed by atoms with Crippen LogP contribution in [0.25, 0.3) is 0 Å². The van der Waals surface area contributed by atoms with E-state index in [-0.39, 0.29) is 5.25 Å². The Morgan fingerprint density at radius 3 is 2.81 bits per heavy atom. The highest BCUT2D eigenvalue weighted by Gasteiger charge is 2.30. The van der Waals surface area contributed by atoms with Crippen LogP contribution < -0.4 is 10.0 Å². The molecular weight excluding hydrogens is 226 g/mol. The Kier molecular flexibility index (Phi) is 3.84. The Morgan fingerprint density at radius 2 is 2.25 bits per heavy atom. The summed E-state index contributed by atoms with van der Waals surface area (Å²) in [6.45, 7) is 3.05. The van der Waals surface area contributed by atoms with Gasteiger partial charge in [0.25, 0.3) is 0 Å². The fourth-order valence-corrected chi connectivity index (χ4v) is 3.89. The van der Waals surface area contributed by atoms with Crippen molar-refractivity contribution in [1.82, 2.24) is 14.9 Å². The molecule has 2 heterocycles. The first-order chi connectivity index (χ1) is 7.59. The lowest BCUT2D eigenvalue weighted by Gasteiger charge is -2.20. The van der Waals surface area contributed by atoms with E-state index in [1.165, 1.54) is 6.42 Å². The van der Waals surface area contributed by atoms with E-state index < -0.39 is 10.0 Å². The van der Waals surface area contributed by atoms with Gasteiger partial charge in [-0.15, -0.1) is 0 Å². The fourth-order valence-electron chi connectivity index (χ4n) is 2.46. The van der Waals surface area contributed by atoms with Crippen LogP contribution in [0.4, 0.5) is 0 Å². The highest BCUT2D eigenvalue weighted by Crippen LogP contribution is 2.15. The van der Waals surface area contributed by atoms with E-state index in [4.69, 9.17) is 0 Å². The summed E-state index contributed by atoms with van der Waals surface area (Å²) in [5, 5.41) is 2.85. The Morgan fingerprint density at radius 1 is 1.44 bits per heavy atom. The molecule has 0 aromatic heterocycles. The molecule has 16 heavy (non-hydrogen) atoms. The first kappa shape index (κ1) is 12.3. The maximum absolute atomic E-state index is 11.9. The molecule has 0 aromatic rings. The van der Waals surface area contributed by atoms with Gasteiger partial charge in [0, 0.05) is 19.1 Å². The second kappa shape index (κ2) is 5.00. The van der Waals surface area contributed by atoms with Crippen LogP contribution in [0.3, 0.4) is 0 Å². The molecule has 2 N–H and O–H groups in total. The summed E-state index contributed by atoms with van der Waals surface area (Å²) >= 11 is 0. The van der Waals surface area contributed by atoms with E-state index >= 15 is 0 Å². The van der Waals surface area contributed by atoms with Gasteiger partial charge < -0.3 is 10.2 Å². The number of hydrogen-bond donors (Lipinski definition) is 2. The van der Waals surface area contributed by atoms with Gasteiger partial charge in [-0.2, -0.15) is 0 Å². The lowest BCUT2D eigenvalue weighted by atomic mass is 10.2. The smallest absolute Gasteiger partial charge is 0.215 e.